The van der Waals surface area contributed by atoms with Crippen molar-refractivity contribution in [3.8, 4) is 5.69 Å². The average molecular weight is 407 g/mol. The molecule has 30 heavy (non-hydrogen) atoms. The minimum Gasteiger partial charge on any atom is -0.324 e. The van der Waals surface area contributed by atoms with Crippen LogP contribution in [0.1, 0.15) is 22.3 Å². The van der Waals surface area contributed by atoms with Gasteiger partial charge < -0.3 is 15.5 Å². The lowest BCUT2D eigenvalue weighted by molar-refractivity contribution is -0.116. The summed E-state index contributed by atoms with van der Waals surface area (Å²) >= 11 is 0. The molecule has 1 heterocycles. The number of benzene rings is 2. The number of hydrogen-bond donors (Lipinski definition) is 2. The molecule has 0 bridgehead atoms. The van der Waals surface area contributed by atoms with Gasteiger partial charge in [-0.3, -0.25) is 4.79 Å². The van der Waals surface area contributed by atoms with Crippen molar-refractivity contribution in [3.05, 3.63) is 58.9 Å². The van der Waals surface area contributed by atoms with Gasteiger partial charge in [-0.05, 0) is 66.9 Å². The summed E-state index contributed by atoms with van der Waals surface area (Å²) in [4.78, 5) is 26.4. The summed E-state index contributed by atoms with van der Waals surface area (Å²) in [5, 5.41) is 16.8. The van der Waals surface area contributed by atoms with Gasteiger partial charge >= 0.3 is 6.03 Å². The lowest BCUT2D eigenvalue weighted by Gasteiger charge is -2.20. The first-order valence-electron chi connectivity index (χ1n) is 9.48. The second-order valence-electron chi connectivity index (χ2n) is 7.36. The van der Waals surface area contributed by atoms with Crippen molar-refractivity contribution >= 4 is 23.3 Å². The molecule has 3 aromatic rings. The van der Waals surface area contributed by atoms with Crippen LogP contribution in [0.3, 0.4) is 0 Å². The van der Waals surface area contributed by atoms with Gasteiger partial charge in [0.15, 0.2) is 0 Å². The first-order chi connectivity index (χ1) is 14.2. The fourth-order valence-electron chi connectivity index (χ4n) is 3.22. The monoisotopic (exact) mass is 407 g/mol. The van der Waals surface area contributed by atoms with Crippen LogP contribution in [0.5, 0.6) is 0 Å². The molecule has 1 aromatic heterocycles. The summed E-state index contributed by atoms with van der Waals surface area (Å²) in [5.41, 5.74) is 6.11. The van der Waals surface area contributed by atoms with Gasteiger partial charge in [0.2, 0.25) is 5.91 Å². The van der Waals surface area contributed by atoms with Crippen LogP contribution < -0.4 is 10.6 Å². The number of carbonyl (C=O) groups excluding carboxylic acids is 2. The molecule has 0 saturated carbocycles. The molecule has 156 valence electrons. The minimum absolute atomic E-state index is 0.0790. The van der Waals surface area contributed by atoms with E-state index >= 15 is 0 Å². The molecule has 3 amide bonds. The fourth-order valence-corrected chi connectivity index (χ4v) is 3.22. The van der Waals surface area contributed by atoms with Crippen molar-refractivity contribution < 1.29 is 9.59 Å². The number of urea groups is 1. The molecule has 0 unspecified atom stereocenters. The number of nitrogens with one attached hydrogen (secondary N) is 2. The largest absolute Gasteiger partial charge is 0.324 e. The molecule has 0 atom stereocenters. The van der Waals surface area contributed by atoms with E-state index in [1.165, 1.54) is 15.9 Å². The van der Waals surface area contributed by atoms with Crippen LogP contribution in [0.25, 0.3) is 5.69 Å². The predicted molar refractivity (Wildman–Crippen MR) is 115 cm³/mol. The third-order valence-corrected chi connectivity index (χ3v) is 4.75. The molecule has 0 aliphatic carbocycles. The van der Waals surface area contributed by atoms with Crippen LogP contribution in [0.15, 0.2) is 36.7 Å². The molecule has 2 aromatic carbocycles. The third-order valence-electron chi connectivity index (χ3n) is 4.75. The first-order valence-corrected chi connectivity index (χ1v) is 9.48. The summed E-state index contributed by atoms with van der Waals surface area (Å²) < 4.78 is 1.50. The normalized spacial score (nSPS) is 10.6. The minimum atomic E-state index is -0.389. The molecule has 0 saturated heterocycles. The Kier molecular flexibility index (Phi) is 6.10. The number of likely N-dealkylation sites (N-methyl/N-ethyl adjacent to an activating group) is 1. The zero-order valence-electron chi connectivity index (χ0n) is 17.7. The highest BCUT2D eigenvalue weighted by molar-refractivity contribution is 5.98. The molecule has 0 aliphatic heterocycles. The zero-order valence-corrected chi connectivity index (χ0v) is 17.7. The smallest absolute Gasteiger partial charge is 0.322 e. The summed E-state index contributed by atoms with van der Waals surface area (Å²) in [6.07, 6.45) is 1.47. The Balaban J connectivity index is 1.65. The number of aryl methyl sites for hydroxylation is 4. The Morgan fingerprint density at radius 2 is 1.70 bits per heavy atom. The molecular formula is C21H25N7O2. The van der Waals surface area contributed by atoms with Gasteiger partial charge in [-0.15, -0.1) is 5.10 Å². The SMILES string of the molecule is Cc1cc(C)c(NC(=O)CN(C)C(=O)Nc2cc(-n3cnnn3)ccc2C)c(C)c1. The van der Waals surface area contributed by atoms with Crippen molar-refractivity contribution in [3.63, 3.8) is 0 Å². The number of rotatable bonds is 5. The molecule has 0 fully saturated rings. The maximum Gasteiger partial charge on any atom is 0.322 e. The Hall–Kier alpha value is -3.75. The Labute approximate surface area is 175 Å². The van der Waals surface area contributed by atoms with Crippen molar-refractivity contribution in [2.24, 2.45) is 0 Å². The van der Waals surface area contributed by atoms with Gasteiger partial charge in [-0.1, -0.05) is 23.8 Å². The van der Waals surface area contributed by atoms with E-state index in [0.717, 1.165) is 27.9 Å². The Morgan fingerprint density at radius 3 is 2.33 bits per heavy atom. The number of hydrogen-bond acceptors (Lipinski definition) is 5. The number of nitrogens with zero attached hydrogens (tertiary/aromatic N) is 5. The van der Waals surface area contributed by atoms with E-state index in [0.29, 0.717) is 11.4 Å². The van der Waals surface area contributed by atoms with E-state index in [1.807, 2.05) is 52.0 Å². The van der Waals surface area contributed by atoms with Crippen LogP contribution >= 0.6 is 0 Å². The van der Waals surface area contributed by atoms with Gasteiger partial charge in [0.1, 0.15) is 12.9 Å². The van der Waals surface area contributed by atoms with Crippen LogP contribution in [0.4, 0.5) is 16.2 Å². The van der Waals surface area contributed by atoms with Gasteiger partial charge in [-0.2, -0.15) is 0 Å². The summed E-state index contributed by atoms with van der Waals surface area (Å²) in [6, 6.07) is 9.13. The number of anilines is 2. The Bertz CT molecular complexity index is 1050. The van der Waals surface area contributed by atoms with Crippen LogP contribution in [0.2, 0.25) is 0 Å². The molecule has 9 heteroatoms. The van der Waals surface area contributed by atoms with Crippen molar-refractivity contribution in [1.29, 1.82) is 0 Å². The van der Waals surface area contributed by atoms with Crippen LogP contribution in [-0.4, -0.2) is 50.6 Å². The summed E-state index contributed by atoms with van der Waals surface area (Å²) in [5.74, 6) is -0.262. The average Bonchev–Trinajstić information content (AvgIpc) is 3.21. The highest BCUT2D eigenvalue weighted by Gasteiger charge is 2.16. The third kappa shape index (κ3) is 4.80. The molecule has 0 aliphatic rings. The van der Waals surface area contributed by atoms with Crippen molar-refractivity contribution in [1.82, 2.24) is 25.1 Å². The molecule has 9 nitrogen and oxygen atoms in total. The fraction of sp³-hybridized carbons (Fsp3) is 0.286. The van der Waals surface area contributed by atoms with E-state index < -0.39 is 0 Å². The lowest BCUT2D eigenvalue weighted by atomic mass is 10.1. The molecule has 3 rings (SSSR count). The summed E-state index contributed by atoms with van der Waals surface area (Å²) in [7, 11) is 1.57. The maximum absolute atomic E-state index is 12.6. The maximum atomic E-state index is 12.6. The number of tetrazole rings is 1. The zero-order chi connectivity index (χ0) is 21.8. The highest BCUT2D eigenvalue weighted by Crippen LogP contribution is 2.22. The quantitative estimate of drug-likeness (QED) is 0.676. The van der Waals surface area contributed by atoms with Gasteiger partial charge in [-0.25, -0.2) is 9.48 Å². The standard InChI is InChI=1S/C21H25N7O2/c1-13-8-15(3)20(16(4)9-13)24-19(29)11-27(5)21(30)23-18-10-17(7-6-14(18)2)28-12-22-25-26-28/h6-10,12H,11H2,1-5H3,(H,23,30)(H,24,29). The van der Waals surface area contributed by atoms with E-state index in [2.05, 4.69) is 26.2 Å². The topological polar surface area (TPSA) is 105 Å². The van der Waals surface area contributed by atoms with E-state index in [9.17, 15) is 9.59 Å². The Morgan fingerprint density at radius 1 is 1.00 bits per heavy atom. The summed E-state index contributed by atoms with van der Waals surface area (Å²) in [6.45, 7) is 7.72. The number of amides is 3. The first kappa shape index (κ1) is 21.0. The highest BCUT2D eigenvalue weighted by atomic mass is 16.2. The molecule has 0 spiro atoms. The van der Waals surface area contributed by atoms with Crippen molar-refractivity contribution in [2.45, 2.75) is 27.7 Å². The second-order valence-corrected chi connectivity index (χ2v) is 7.36. The number of aromatic nitrogens is 4. The van der Waals surface area contributed by atoms with Crippen molar-refractivity contribution in [2.75, 3.05) is 24.2 Å². The second kappa shape index (κ2) is 8.73. The molecule has 0 radical (unpaired) electrons. The predicted octanol–water partition coefficient (Wildman–Crippen LogP) is 3.00. The van der Waals surface area contributed by atoms with Gasteiger partial charge in [0.05, 0.1) is 5.69 Å². The van der Waals surface area contributed by atoms with Crippen LogP contribution in [0, 0.1) is 27.7 Å². The number of carbonyl (C=O) groups is 2. The van der Waals surface area contributed by atoms with E-state index in [-0.39, 0.29) is 18.5 Å². The molecule has 2 N–H and O–H groups in total. The van der Waals surface area contributed by atoms with Gasteiger partial charge in [0.25, 0.3) is 0 Å². The van der Waals surface area contributed by atoms with E-state index in [1.54, 1.807) is 13.1 Å². The van der Waals surface area contributed by atoms with E-state index in [4.69, 9.17) is 0 Å². The van der Waals surface area contributed by atoms with Gasteiger partial charge in [0, 0.05) is 18.4 Å². The lowest BCUT2D eigenvalue weighted by Crippen LogP contribution is -2.38. The van der Waals surface area contributed by atoms with Crippen LogP contribution in [-0.2, 0) is 4.79 Å². The molecular weight excluding hydrogens is 382 g/mol.